The predicted molar refractivity (Wildman–Crippen MR) is 661 cm³/mol. The van der Waals surface area contributed by atoms with Gasteiger partial charge in [-0.15, -0.1) is 0 Å². The van der Waals surface area contributed by atoms with Crippen molar-refractivity contribution in [2.24, 2.45) is 51.1 Å². The molecule has 0 amide bonds. The Hall–Kier alpha value is -2.76. The van der Waals surface area contributed by atoms with Gasteiger partial charge in [0.2, 0.25) is 0 Å². The van der Waals surface area contributed by atoms with E-state index < -0.39 is 18.6 Å². The van der Waals surface area contributed by atoms with E-state index in [0.717, 1.165) is 63.5 Å². The maximum Gasteiger partial charge on any atom is 0.333 e. The molecule has 0 aromatic rings. The van der Waals surface area contributed by atoms with Crippen molar-refractivity contribution in [3.05, 3.63) is 0 Å². The van der Waals surface area contributed by atoms with Gasteiger partial charge in [-0.1, -0.05) is 213 Å². The van der Waals surface area contributed by atoms with Gasteiger partial charge in [0.1, 0.15) is 39.6 Å². The molecule has 1 saturated carbocycles. The summed E-state index contributed by atoms with van der Waals surface area (Å²) >= 11 is 0. The van der Waals surface area contributed by atoms with Gasteiger partial charge in [-0.25, -0.2) is 4.79 Å². The van der Waals surface area contributed by atoms with Crippen LogP contribution in [0.5, 0.6) is 0 Å². The molecule has 24 heteroatoms. The number of nitrogens with zero attached hydrogens (tertiary/aromatic N) is 10. The molecule has 3 heterocycles. The van der Waals surface area contributed by atoms with E-state index in [1.54, 1.807) is 6.92 Å². The Labute approximate surface area is 936 Å². The highest BCUT2D eigenvalue weighted by molar-refractivity contribution is 5.75. The number of nitrogens with two attached hydrogens (primary N) is 1. The maximum atomic E-state index is 11.6. The Morgan fingerprint density at radius 2 is 0.698 bits per heavy atom. The van der Waals surface area contributed by atoms with Crippen LogP contribution in [0.3, 0.4) is 0 Å². The molecule has 0 aromatic heterocycles. The standard InChI is InChI=1S/C12H23NO2.C11H24N2O2.2C11H24N2.C9H19NO2.C9H20.C8H17NO3.C8H17N.2C7H17N.C7H16.2C6H15N.C6H14O.C6H14.CH4/c1-12(2,3)13(4)9-15-11(14)10-7-5-6-8-10;1-8(2)9(12)10(14)15-7-13(6)11(3,4)5;2*1-5-6-12-7-9-13(10-8-12)11(2,3)4;1-6-8(11)12-7-10(5)9(2,3)4;1-7(2)8(3)9(4,5)6;1-8(2,3)9(4)6-12-7(11)5-10;1-8(2,3)7-5-4-6-9-7;2*1-6-8(5)7(2,3)4;1-5-6-7(2,3)4;3*1-5-7-6(2,3)4;1-5-6(2,3)4;/h10H,5-9H2,1-4H3;8-9H,7,12H2,1-6H3;2*5-10H2,1-4H3;6-7H2,1-5H3;7-8H,1-6H3;10H,5-6H2,1-4H3;7,9H,4-6H2,1-3H3;2*6H2,1-5H3;5-6H2,1-4H3;2*7H,5H2,1-4H3;5H2,1-4H3;5H2,1-4H3;1H4. The summed E-state index contributed by atoms with van der Waals surface area (Å²) in [5.41, 5.74) is 9.81. The van der Waals surface area contributed by atoms with Gasteiger partial charge in [-0.05, 0) is 408 Å². The first kappa shape index (κ1) is 171. The van der Waals surface area contributed by atoms with E-state index in [1.165, 1.54) is 130 Å². The average molecular weight is 2140 g/mol. The van der Waals surface area contributed by atoms with Crippen molar-refractivity contribution in [2.45, 2.75) is 573 Å². The van der Waals surface area contributed by atoms with E-state index in [0.29, 0.717) is 74.8 Å². The van der Waals surface area contributed by atoms with Gasteiger partial charge in [-0.2, -0.15) is 0 Å². The number of ether oxygens (including phenoxy) is 5. The minimum Gasteiger partial charge on any atom is -0.449 e. The summed E-state index contributed by atoms with van der Waals surface area (Å²) < 4.78 is 25.3. The fourth-order valence-electron chi connectivity index (χ4n) is 12.8. The van der Waals surface area contributed by atoms with Crippen LogP contribution in [0.2, 0.25) is 0 Å². The summed E-state index contributed by atoms with van der Waals surface area (Å²) in [5.74, 6) is 0.820. The first-order chi connectivity index (χ1) is 66.1. The van der Waals surface area contributed by atoms with E-state index in [-0.39, 0.29) is 78.4 Å². The van der Waals surface area contributed by atoms with E-state index in [2.05, 4.69) is 426 Å². The second kappa shape index (κ2) is 85.3. The number of aliphatic hydroxyl groups is 1. The Morgan fingerprint density at radius 3 is 0.852 bits per heavy atom. The molecule has 3 unspecified atom stereocenters. The van der Waals surface area contributed by atoms with Crippen LogP contribution in [-0.2, 0) is 42.9 Å². The van der Waals surface area contributed by atoms with Gasteiger partial charge in [0.15, 0.2) is 0 Å². The van der Waals surface area contributed by atoms with Gasteiger partial charge in [-0.3, -0.25) is 43.8 Å². The molecule has 6 N–H and O–H groups in total. The number of nitrogens with one attached hydrogen (secondary N) is 3. The molecular formula is C125H280N14O10. The summed E-state index contributed by atoms with van der Waals surface area (Å²) in [6.45, 7) is 150. The molecule has 3 saturated heterocycles. The summed E-state index contributed by atoms with van der Waals surface area (Å²) in [6, 6.07) is 0.232. The molecule has 4 fully saturated rings. The van der Waals surface area contributed by atoms with Crippen LogP contribution in [0, 0.1) is 45.3 Å². The van der Waals surface area contributed by atoms with Crippen LogP contribution in [0.15, 0.2) is 0 Å². The molecular weight excluding hydrogens is 1860 g/mol. The predicted octanol–water partition coefficient (Wildman–Crippen LogP) is 28.2. The highest BCUT2D eigenvalue weighted by Gasteiger charge is 2.32. The summed E-state index contributed by atoms with van der Waals surface area (Å²) in [5, 5.41) is 18.4. The lowest BCUT2D eigenvalue weighted by molar-refractivity contribution is -0.155. The molecule has 910 valence electrons. The summed E-state index contributed by atoms with van der Waals surface area (Å²) in [6.07, 6.45) is 14.0. The van der Waals surface area contributed by atoms with Crippen molar-refractivity contribution < 1.29 is 48.0 Å². The molecule has 1 aliphatic carbocycles. The van der Waals surface area contributed by atoms with E-state index in [9.17, 15) is 19.2 Å². The van der Waals surface area contributed by atoms with E-state index in [1.807, 2.05) is 89.3 Å². The second-order valence-corrected chi connectivity index (χ2v) is 57.3. The molecule has 24 nitrogen and oxygen atoms in total. The van der Waals surface area contributed by atoms with Gasteiger partial charge in [0.25, 0.3) is 0 Å². The lowest BCUT2D eigenvalue weighted by Crippen LogP contribution is -2.53. The fourth-order valence-corrected chi connectivity index (χ4v) is 12.8. The lowest BCUT2D eigenvalue weighted by Gasteiger charge is -2.42. The van der Waals surface area contributed by atoms with E-state index in [4.69, 9.17) is 34.5 Å². The van der Waals surface area contributed by atoms with Gasteiger partial charge in [0.05, 0.1) is 11.5 Å². The van der Waals surface area contributed by atoms with Crippen molar-refractivity contribution in [1.82, 2.24) is 64.9 Å². The number of esters is 4. The third-order valence-electron chi connectivity index (χ3n) is 26.8. The lowest BCUT2D eigenvalue weighted by atomic mass is 9.76. The summed E-state index contributed by atoms with van der Waals surface area (Å²) in [7, 11) is 11.9. The Bertz CT molecular complexity index is 2840. The molecule has 3 atom stereocenters. The van der Waals surface area contributed by atoms with Crippen LogP contribution < -0.4 is 21.7 Å². The average Bonchev–Trinajstić information content (AvgIpc) is 1.69. The maximum absolute atomic E-state index is 11.6. The second-order valence-electron chi connectivity index (χ2n) is 57.3. The number of piperazine rings is 2. The molecule has 0 aromatic carbocycles. The monoisotopic (exact) mass is 2140 g/mol. The minimum absolute atomic E-state index is 0. The molecule has 3 aliphatic heterocycles. The number of aliphatic hydroxyl groups excluding tert-OH is 1. The zero-order chi connectivity index (χ0) is 120. The van der Waals surface area contributed by atoms with Crippen LogP contribution in [0.4, 0.5) is 0 Å². The Morgan fingerprint density at radius 1 is 0.396 bits per heavy atom. The van der Waals surface area contributed by atoms with Crippen LogP contribution >= 0.6 is 0 Å². The van der Waals surface area contributed by atoms with Crippen molar-refractivity contribution in [1.29, 1.82) is 0 Å². The van der Waals surface area contributed by atoms with Crippen LogP contribution in [0.1, 0.15) is 500 Å². The normalized spacial score (nSPS) is 15.9. The smallest absolute Gasteiger partial charge is 0.333 e. The zero-order valence-electron chi connectivity index (χ0n) is 113. The summed E-state index contributed by atoms with van der Waals surface area (Å²) in [4.78, 5) is 67.2. The van der Waals surface area contributed by atoms with Gasteiger partial charge in [0, 0.05) is 127 Å². The molecule has 0 radical (unpaired) electrons. The van der Waals surface area contributed by atoms with Crippen LogP contribution in [-0.4, -0.2) is 332 Å². The fraction of sp³-hybridized carbons (Fsp3) is 0.968. The topological polar surface area (TPSA) is 229 Å². The highest BCUT2D eigenvalue weighted by Crippen LogP contribution is 2.32. The molecule has 4 aliphatic rings. The number of rotatable bonds is 24. The Balaban J connectivity index is -0.000000136. The number of hydrogen-bond acceptors (Lipinski definition) is 24. The molecule has 149 heavy (non-hydrogen) atoms. The van der Waals surface area contributed by atoms with Crippen molar-refractivity contribution >= 4 is 23.9 Å². The minimum atomic E-state index is -0.592. The Kier molecular flexibility index (Phi) is 98.0. The molecule has 4 rings (SSSR count). The quantitative estimate of drug-likeness (QED) is 0.0344. The van der Waals surface area contributed by atoms with Crippen molar-refractivity contribution in [3.8, 4) is 0 Å². The largest absolute Gasteiger partial charge is 0.449 e. The molecule has 0 bridgehead atoms. The van der Waals surface area contributed by atoms with Gasteiger partial charge >= 0.3 is 23.9 Å². The number of carbonyl (C=O) groups is 4. The third-order valence-corrected chi connectivity index (χ3v) is 26.8. The van der Waals surface area contributed by atoms with E-state index >= 15 is 0 Å². The third kappa shape index (κ3) is 116. The first-order valence-corrected chi connectivity index (χ1v) is 58.2. The number of carbonyl (C=O) groups excluding carboxylic acids is 4. The van der Waals surface area contributed by atoms with Crippen molar-refractivity contribution in [3.63, 3.8) is 0 Å². The highest BCUT2D eigenvalue weighted by atomic mass is 16.6. The van der Waals surface area contributed by atoms with Gasteiger partial charge < -0.3 is 70.1 Å². The SMILES string of the molecule is C.CC(C)(C)C1CCCN1.CC(C)C(C)C(C)(C)C.CC(C)C(N)C(=O)OCN(C)C(C)(C)C.CCC(=O)OCN(C)C(C)(C)C.CCC(C)(C)C.CCCC(C)(C)C.CCCN1CCN(C(C)(C)C)CC1.CCCN1CCN(C(C)(C)C)CC1.CCN(C)C(C)(C)C.CCN(C)C(C)(C)C.CCNC(C)(C)C.CCNC(C)(C)C.CCOC(C)(C)C.CN(COC(=O)C1CCCC1)C(C)(C)C.CN(COC(=O)CO)C(C)(C)C. The molecule has 0 spiro atoms. The van der Waals surface area contributed by atoms with Crippen LogP contribution in [0.25, 0.3) is 0 Å². The zero-order valence-corrected chi connectivity index (χ0v) is 113. The first-order valence-electron chi connectivity index (χ1n) is 58.2. The number of hydrogen-bond donors (Lipinski definition) is 5. The van der Waals surface area contributed by atoms with Crippen molar-refractivity contribution in [2.75, 3.05) is 181 Å².